The molecule has 0 aliphatic carbocycles. The molecule has 94 valence electrons. The summed E-state index contributed by atoms with van der Waals surface area (Å²) in [5.41, 5.74) is 14.8. The third kappa shape index (κ3) is 2.34. The maximum absolute atomic E-state index is 11.1. The Morgan fingerprint density at radius 3 is 2.72 bits per heavy atom. The van der Waals surface area contributed by atoms with Gasteiger partial charge in [-0.3, -0.25) is 9.48 Å². The van der Waals surface area contributed by atoms with Crippen LogP contribution >= 0.6 is 0 Å². The molecule has 1 aromatic carbocycles. The summed E-state index contributed by atoms with van der Waals surface area (Å²) >= 11 is 0. The summed E-state index contributed by atoms with van der Waals surface area (Å²) in [5, 5.41) is 4.09. The average Bonchev–Trinajstić information content (AvgIpc) is 2.65. The van der Waals surface area contributed by atoms with Gasteiger partial charge in [-0.25, -0.2) is 0 Å². The van der Waals surface area contributed by atoms with Crippen molar-refractivity contribution in [2.75, 3.05) is 5.73 Å². The normalized spacial score (nSPS) is 10.6. The number of aryl methyl sites for hydroxylation is 2. The molecule has 0 aliphatic heterocycles. The van der Waals surface area contributed by atoms with Crippen LogP contribution in [0.1, 0.15) is 27.2 Å². The molecule has 0 saturated carbocycles. The topological polar surface area (TPSA) is 86.9 Å². The number of hydrogen-bond donors (Lipinski definition) is 2. The molecule has 0 radical (unpaired) electrons. The smallest absolute Gasteiger partial charge is 0.271 e. The van der Waals surface area contributed by atoms with Gasteiger partial charge < -0.3 is 11.5 Å². The summed E-state index contributed by atoms with van der Waals surface area (Å²) in [6.45, 7) is 4.65. The first-order chi connectivity index (χ1) is 8.47. The number of primary amides is 1. The van der Waals surface area contributed by atoms with E-state index in [0.29, 0.717) is 12.2 Å². The van der Waals surface area contributed by atoms with E-state index in [2.05, 4.69) is 23.3 Å². The summed E-state index contributed by atoms with van der Waals surface area (Å²) in [6.07, 6.45) is 1.63. The molecule has 1 amide bonds. The first-order valence-electron chi connectivity index (χ1n) is 5.66. The zero-order valence-corrected chi connectivity index (χ0v) is 10.5. The molecule has 2 rings (SSSR count). The van der Waals surface area contributed by atoms with Crippen LogP contribution in [-0.4, -0.2) is 15.7 Å². The minimum absolute atomic E-state index is 0.125. The Kier molecular flexibility index (Phi) is 3.06. The Hall–Kier alpha value is -2.30. The predicted molar refractivity (Wildman–Crippen MR) is 70.2 cm³/mol. The zero-order chi connectivity index (χ0) is 13.3. The standard InChI is InChI=1S/C13H16N4O/c1-8-3-4-9(2)10(5-8)6-17-7-11(14)12(16-17)13(15)18/h3-5,7H,6,14H2,1-2H3,(H2,15,18). The lowest BCUT2D eigenvalue weighted by molar-refractivity contribution is 0.0995. The van der Waals surface area contributed by atoms with Crippen molar-refractivity contribution in [3.05, 3.63) is 46.8 Å². The van der Waals surface area contributed by atoms with E-state index < -0.39 is 5.91 Å². The minimum atomic E-state index is -0.604. The third-order valence-corrected chi connectivity index (χ3v) is 2.86. The third-order valence-electron chi connectivity index (χ3n) is 2.86. The monoisotopic (exact) mass is 244 g/mol. The predicted octanol–water partition coefficient (Wildman–Crippen LogP) is 1.23. The highest BCUT2D eigenvalue weighted by Gasteiger charge is 2.11. The second-order valence-corrected chi connectivity index (χ2v) is 4.42. The molecule has 0 unspecified atom stereocenters. The molecule has 5 nitrogen and oxygen atoms in total. The van der Waals surface area contributed by atoms with Gasteiger partial charge in [0.25, 0.3) is 5.91 Å². The van der Waals surface area contributed by atoms with Crippen LogP contribution in [-0.2, 0) is 6.54 Å². The molecule has 4 N–H and O–H groups in total. The molecule has 0 spiro atoms. The molecule has 0 aliphatic rings. The van der Waals surface area contributed by atoms with Crippen LogP contribution in [0.4, 0.5) is 5.69 Å². The van der Waals surface area contributed by atoms with Crippen molar-refractivity contribution in [3.8, 4) is 0 Å². The van der Waals surface area contributed by atoms with Gasteiger partial charge in [0.15, 0.2) is 5.69 Å². The molecule has 5 heteroatoms. The van der Waals surface area contributed by atoms with Gasteiger partial charge in [-0.2, -0.15) is 5.10 Å². The number of carbonyl (C=O) groups is 1. The van der Waals surface area contributed by atoms with Gasteiger partial charge in [0.05, 0.1) is 12.2 Å². The van der Waals surface area contributed by atoms with E-state index >= 15 is 0 Å². The molecular weight excluding hydrogens is 228 g/mol. The lowest BCUT2D eigenvalue weighted by Gasteiger charge is -2.07. The summed E-state index contributed by atoms with van der Waals surface area (Å²) in [5.74, 6) is -0.604. The summed E-state index contributed by atoms with van der Waals surface area (Å²) < 4.78 is 1.64. The van der Waals surface area contributed by atoms with Gasteiger partial charge in [-0.15, -0.1) is 0 Å². The first-order valence-corrected chi connectivity index (χ1v) is 5.66. The molecule has 0 fully saturated rings. The Bertz CT molecular complexity index is 601. The van der Waals surface area contributed by atoms with Crippen LogP contribution in [0.25, 0.3) is 0 Å². The van der Waals surface area contributed by atoms with Crippen LogP contribution in [0.2, 0.25) is 0 Å². The van der Waals surface area contributed by atoms with Crippen LogP contribution in [0, 0.1) is 13.8 Å². The fourth-order valence-electron chi connectivity index (χ4n) is 1.85. The molecule has 2 aromatic rings. The Balaban J connectivity index is 2.31. The maximum Gasteiger partial charge on any atom is 0.271 e. The van der Waals surface area contributed by atoms with Gasteiger partial charge in [0.1, 0.15) is 0 Å². The van der Waals surface area contributed by atoms with E-state index in [1.165, 1.54) is 11.1 Å². The van der Waals surface area contributed by atoms with E-state index in [-0.39, 0.29) is 5.69 Å². The van der Waals surface area contributed by atoms with Gasteiger partial charge in [0.2, 0.25) is 0 Å². The molecule has 1 heterocycles. The van der Waals surface area contributed by atoms with Crippen molar-refractivity contribution >= 4 is 11.6 Å². The van der Waals surface area contributed by atoms with Gasteiger partial charge in [-0.05, 0) is 25.0 Å². The molecular formula is C13H16N4O. The lowest BCUT2D eigenvalue weighted by atomic mass is 10.1. The van der Waals surface area contributed by atoms with E-state index in [4.69, 9.17) is 11.5 Å². The summed E-state index contributed by atoms with van der Waals surface area (Å²) in [6, 6.07) is 6.22. The number of hydrogen-bond acceptors (Lipinski definition) is 3. The summed E-state index contributed by atoms with van der Waals surface area (Å²) in [7, 11) is 0. The van der Waals surface area contributed by atoms with Gasteiger partial charge in [-0.1, -0.05) is 23.8 Å². The second-order valence-electron chi connectivity index (χ2n) is 4.42. The second kappa shape index (κ2) is 4.52. The van der Waals surface area contributed by atoms with Crippen LogP contribution in [0.5, 0.6) is 0 Å². The van der Waals surface area contributed by atoms with Crippen LogP contribution < -0.4 is 11.5 Å². The molecule has 0 saturated heterocycles. The molecule has 1 aromatic heterocycles. The van der Waals surface area contributed by atoms with Gasteiger partial charge in [0, 0.05) is 6.20 Å². The highest BCUT2D eigenvalue weighted by molar-refractivity contribution is 5.95. The number of carbonyl (C=O) groups excluding carboxylic acids is 1. The molecule has 18 heavy (non-hydrogen) atoms. The maximum atomic E-state index is 11.1. The average molecular weight is 244 g/mol. The number of nitrogens with zero attached hydrogens (tertiary/aromatic N) is 2. The number of anilines is 1. The molecule has 0 atom stereocenters. The number of aromatic nitrogens is 2. The number of nitrogens with two attached hydrogens (primary N) is 2. The Morgan fingerprint density at radius 1 is 1.39 bits per heavy atom. The number of amides is 1. The fraction of sp³-hybridized carbons (Fsp3) is 0.231. The van der Waals surface area contributed by atoms with E-state index in [1.54, 1.807) is 10.9 Å². The van der Waals surface area contributed by atoms with E-state index in [9.17, 15) is 4.79 Å². The van der Waals surface area contributed by atoms with Crippen molar-refractivity contribution in [3.63, 3.8) is 0 Å². The summed E-state index contributed by atoms with van der Waals surface area (Å²) in [4.78, 5) is 11.1. The zero-order valence-electron chi connectivity index (χ0n) is 10.5. The SMILES string of the molecule is Cc1ccc(C)c(Cn2cc(N)c(C(N)=O)n2)c1. The highest BCUT2D eigenvalue weighted by atomic mass is 16.1. The highest BCUT2D eigenvalue weighted by Crippen LogP contribution is 2.14. The van der Waals surface area contributed by atoms with Crippen molar-refractivity contribution in [2.45, 2.75) is 20.4 Å². The lowest BCUT2D eigenvalue weighted by Crippen LogP contribution is -2.14. The Morgan fingerprint density at radius 2 is 2.11 bits per heavy atom. The van der Waals surface area contributed by atoms with E-state index in [0.717, 1.165) is 5.56 Å². The van der Waals surface area contributed by atoms with Crippen molar-refractivity contribution in [1.29, 1.82) is 0 Å². The van der Waals surface area contributed by atoms with Crippen molar-refractivity contribution < 1.29 is 4.79 Å². The van der Waals surface area contributed by atoms with Crippen LogP contribution in [0.3, 0.4) is 0 Å². The van der Waals surface area contributed by atoms with Crippen LogP contribution in [0.15, 0.2) is 24.4 Å². The van der Waals surface area contributed by atoms with Crippen molar-refractivity contribution in [2.24, 2.45) is 5.73 Å². The number of benzene rings is 1. The minimum Gasteiger partial charge on any atom is -0.396 e. The number of nitrogen functional groups attached to an aromatic ring is 1. The molecule has 0 bridgehead atoms. The quantitative estimate of drug-likeness (QED) is 0.851. The number of rotatable bonds is 3. The van der Waals surface area contributed by atoms with E-state index in [1.807, 2.05) is 13.8 Å². The van der Waals surface area contributed by atoms with Gasteiger partial charge >= 0.3 is 0 Å². The fourth-order valence-corrected chi connectivity index (χ4v) is 1.85. The Labute approximate surface area is 105 Å². The first kappa shape index (κ1) is 12.2. The largest absolute Gasteiger partial charge is 0.396 e. The van der Waals surface area contributed by atoms with Crippen molar-refractivity contribution in [1.82, 2.24) is 9.78 Å².